The van der Waals surface area contributed by atoms with Gasteiger partial charge in [-0.2, -0.15) is 0 Å². The lowest BCUT2D eigenvalue weighted by Gasteiger charge is -2.36. The largest absolute Gasteiger partial charge is 0.419 e. The Hall–Kier alpha value is -1.73. The molecule has 2 aromatic rings. The fourth-order valence-corrected chi connectivity index (χ4v) is 4.94. The molecule has 2 atom stereocenters. The molecule has 0 unspecified atom stereocenters. The molecule has 1 fully saturated rings. The van der Waals surface area contributed by atoms with Gasteiger partial charge in [0.25, 0.3) is 0 Å². The van der Waals surface area contributed by atoms with E-state index in [1.165, 1.54) is 6.26 Å². The first-order valence-electron chi connectivity index (χ1n) is 8.22. The summed E-state index contributed by atoms with van der Waals surface area (Å²) >= 11 is 0. The second-order valence-electron chi connectivity index (χ2n) is 6.50. The number of sulfone groups is 1. The molecular formula is C17H23N3O3S. The number of nitrogens with zero attached hydrogens (tertiary/aromatic N) is 3. The first kappa shape index (κ1) is 17.1. The summed E-state index contributed by atoms with van der Waals surface area (Å²) in [5.41, 5.74) is 0.880. The van der Waals surface area contributed by atoms with Crippen LogP contribution in [0.15, 0.2) is 34.7 Å². The normalized spacial score (nSPS) is 22.0. The Bertz CT molecular complexity index is 773. The molecule has 1 aromatic heterocycles. The van der Waals surface area contributed by atoms with E-state index in [2.05, 4.69) is 10.2 Å². The lowest BCUT2D eigenvalue weighted by Crippen LogP contribution is -2.46. The highest BCUT2D eigenvalue weighted by molar-refractivity contribution is 7.91. The molecule has 1 saturated carbocycles. The minimum atomic E-state index is -3.06. The van der Waals surface area contributed by atoms with E-state index in [9.17, 15) is 8.42 Å². The first-order chi connectivity index (χ1) is 11.4. The molecule has 130 valence electrons. The lowest BCUT2D eigenvalue weighted by molar-refractivity contribution is 0.173. The third kappa shape index (κ3) is 3.84. The quantitative estimate of drug-likeness (QED) is 0.825. The van der Waals surface area contributed by atoms with Crippen LogP contribution in [0.3, 0.4) is 0 Å². The van der Waals surface area contributed by atoms with E-state index in [0.29, 0.717) is 18.3 Å². The molecule has 1 heterocycles. The van der Waals surface area contributed by atoms with Crippen molar-refractivity contribution in [1.29, 1.82) is 0 Å². The molecule has 0 saturated heterocycles. The minimum Gasteiger partial charge on any atom is -0.419 e. The minimum absolute atomic E-state index is 0.000764. The summed E-state index contributed by atoms with van der Waals surface area (Å²) in [5.74, 6) is 0.997. The third-order valence-corrected chi connectivity index (χ3v) is 6.31. The SMILES string of the molecule is CN(Cc1nnc(-c2ccccc2)o1)[C@@H]1CCCC[C@H]1S(C)(=O)=O. The maximum absolute atomic E-state index is 12.1. The molecule has 0 radical (unpaired) electrons. The second kappa shape index (κ2) is 7.03. The van der Waals surface area contributed by atoms with Crippen molar-refractivity contribution in [1.82, 2.24) is 15.1 Å². The highest BCUT2D eigenvalue weighted by Crippen LogP contribution is 2.28. The highest BCUT2D eigenvalue weighted by Gasteiger charge is 2.35. The van der Waals surface area contributed by atoms with Gasteiger partial charge >= 0.3 is 0 Å². The zero-order valence-electron chi connectivity index (χ0n) is 14.1. The van der Waals surface area contributed by atoms with Crippen molar-refractivity contribution in [3.63, 3.8) is 0 Å². The molecule has 3 rings (SSSR count). The molecule has 0 bridgehead atoms. The Balaban J connectivity index is 1.72. The van der Waals surface area contributed by atoms with Crippen LogP contribution in [0.1, 0.15) is 31.6 Å². The van der Waals surface area contributed by atoms with Gasteiger partial charge in [-0.05, 0) is 32.0 Å². The predicted molar refractivity (Wildman–Crippen MR) is 92.1 cm³/mol. The number of rotatable bonds is 5. The van der Waals surface area contributed by atoms with Crippen LogP contribution < -0.4 is 0 Å². The Kier molecular flexibility index (Phi) is 5.01. The number of aromatic nitrogens is 2. The van der Waals surface area contributed by atoms with E-state index in [0.717, 1.165) is 31.2 Å². The molecule has 6 nitrogen and oxygen atoms in total. The Morgan fingerprint density at radius 1 is 1.17 bits per heavy atom. The van der Waals surface area contributed by atoms with Crippen LogP contribution >= 0.6 is 0 Å². The van der Waals surface area contributed by atoms with E-state index < -0.39 is 9.84 Å². The van der Waals surface area contributed by atoms with E-state index in [-0.39, 0.29) is 11.3 Å². The third-order valence-electron chi connectivity index (χ3n) is 4.66. The molecule has 1 aliphatic rings. The van der Waals surface area contributed by atoms with E-state index in [4.69, 9.17) is 4.42 Å². The monoisotopic (exact) mass is 349 g/mol. The van der Waals surface area contributed by atoms with Crippen molar-refractivity contribution in [2.45, 2.75) is 43.5 Å². The zero-order valence-corrected chi connectivity index (χ0v) is 14.9. The van der Waals surface area contributed by atoms with Crippen LogP contribution in [-0.2, 0) is 16.4 Å². The molecule has 7 heteroatoms. The lowest BCUT2D eigenvalue weighted by atomic mass is 9.94. The maximum Gasteiger partial charge on any atom is 0.247 e. The standard InChI is InChI=1S/C17H23N3O3S/c1-20(14-10-6-7-11-15(14)24(2,21)22)12-16-18-19-17(23-16)13-8-4-3-5-9-13/h3-5,8-9,14-15H,6-7,10-12H2,1-2H3/t14-,15-/m1/s1. The van der Waals surface area contributed by atoms with Gasteiger partial charge in [0.05, 0.1) is 11.8 Å². The molecule has 0 aliphatic heterocycles. The van der Waals surface area contributed by atoms with Crippen molar-refractivity contribution in [2.75, 3.05) is 13.3 Å². The molecule has 24 heavy (non-hydrogen) atoms. The van der Waals surface area contributed by atoms with Gasteiger partial charge in [-0.25, -0.2) is 8.42 Å². The van der Waals surface area contributed by atoms with Gasteiger partial charge in [-0.15, -0.1) is 10.2 Å². The van der Waals surface area contributed by atoms with Gasteiger partial charge in [0.1, 0.15) is 0 Å². The summed E-state index contributed by atoms with van der Waals surface area (Å²) < 4.78 is 29.9. The van der Waals surface area contributed by atoms with Crippen LogP contribution in [0.25, 0.3) is 11.5 Å². The number of hydrogen-bond acceptors (Lipinski definition) is 6. The maximum atomic E-state index is 12.1. The fraction of sp³-hybridized carbons (Fsp3) is 0.529. The van der Waals surface area contributed by atoms with Crippen molar-refractivity contribution in [3.8, 4) is 11.5 Å². The zero-order chi connectivity index (χ0) is 17.2. The van der Waals surface area contributed by atoms with E-state index >= 15 is 0 Å². The van der Waals surface area contributed by atoms with Crippen molar-refractivity contribution < 1.29 is 12.8 Å². The summed E-state index contributed by atoms with van der Waals surface area (Å²) in [4.78, 5) is 2.03. The van der Waals surface area contributed by atoms with Crippen LogP contribution in [0, 0.1) is 0 Å². The van der Waals surface area contributed by atoms with Gasteiger partial charge in [0, 0.05) is 17.9 Å². The van der Waals surface area contributed by atoms with Gasteiger partial charge in [0.15, 0.2) is 9.84 Å². The van der Waals surface area contributed by atoms with Gasteiger partial charge in [0.2, 0.25) is 11.8 Å². The smallest absolute Gasteiger partial charge is 0.247 e. The Labute approximate surface area is 142 Å². The topological polar surface area (TPSA) is 76.3 Å². The molecular weight excluding hydrogens is 326 g/mol. The van der Waals surface area contributed by atoms with E-state index in [1.54, 1.807) is 0 Å². The fourth-order valence-electron chi connectivity index (χ4n) is 3.43. The molecule has 0 amide bonds. The molecule has 1 aliphatic carbocycles. The number of hydrogen-bond donors (Lipinski definition) is 0. The van der Waals surface area contributed by atoms with Crippen LogP contribution in [0.4, 0.5) is 0 Å². The molecule has 0 spiro atoms. The summed E-state index contributed by atoms with van der Waals surface area (Å²) in [6.07, 6.45) is 4.98. The average Bonchev–Trinajstić information content (AvgIpc) is 3.03. The Morgan fingerprint density at radius 2 is 1.88 bits per heavy atom. The van der Waals surface area contributed by atoms with Gasteiger partial charge < -0.3 is 4.42 Å². The molecule has 1 aromatic carbocycles. The van der Waals surface area contributed by atoms with Crippen molar-refractivity contribution in [2.24, 2.45) is 0 Å². The predicted octanol–water partition coefficient (Wildman–Crippen LogP) is 2.52. The van der Waals surface area contributed by atoms with Crippen molar-refractivity contribution in [3.05, 3.63) is 36.2 Å². The molecule has 0 N–H and O–H groups in total. The van der Waals surface area contributed by atoms with Crippen LogP contribution in [0.2, 0.25) is 0 Å². The average molecular weight is 349 g/mol. The first-order valence-corrected chi connectivity index (χ1v) is 10.2. The van der Waals surface area contributed by atoms with Crippen molar-refractivity contribution >= 4 is 9.84 Å². The second-order valence-corrected chi connectivity index (χ2v) is 8.77. The Morgan fingerprint density at radius 3 is 2.58 bits per heavy atom. The summed E-state index contributed by atoms with van der Waals surface area (Å²) in [6, 6.07) is 9.61. The van der Waals surface area contributed by atoms with Gasteiger partial charge in [-0.1, -0.05) is 31.0 Å². The van der Waals surface area contributed by atoms with Gasteiger partial charge in [-0.3, -0.25) is 4.90 Å². The highest BCUT2D eigenvalue weighted by atomic mass is 32.2. The summed E-state index contributed by atoms with van der Waals surface area (Å²) in [6.45, 7) is 0.455. The summed E-state index contributed by atoms with van der Waals surface area (Å²) in [5, 5.41) is 7.89. The summed E-state index contributed by atoms with van der Waals surface area (Å²) in [7, 11) is -1.13. The van der Waals surface area contributed by atoms with Crippen LogP contribution in [0.5, 0.6) is 0 Å². The number of benzene rings is 1. The van der Waals surface area contributed by atoms with Crippen LogP contribution in [-0.4, -0.2) is 48.1 Å². The van der Waals surface area contributed by atoms with E-state index in [1.807, 2.05) is 42.3 Å².